The third kappa shape index (κ3) is 1.47. The van der Waals surface area contributed by atoms with Crippen LogP contribution in [0.15, 0.2) is 0 Å². The van der Waals surface area contributed by atoms with Gasteiger partial charge in [0.25, 0.3) is 0 Å². The van der Waals surface area contributed by atoms with Gasteiger partial charge in [-0.2, -0.15) is 0 Å². The summed E-state index contributed by atoms with van der Waals surface area (Å²) in [5, 5.41) is 0. The fourth-order valence-corrected chi connectivity index (χ4v) is 1.67. The second-order valence-electron chi connectivity index (χ2n) is 4.14. The van der Waals surface area contributed by atoms with Gasteiger partial charge in [0.15, 0.2) is 0 Å². The van der Waals surface area contributed by atoms with Gasteiger partial charge in [-0.25, -0.2) is 0 Å². The first-order chi connectivity index (χ1) is 4.13. The Morgan fingerprint density at radius 1 is 1.22 bits per heavy atom. The molecular formula is C9H18. The maximum atomic E-state index is 2.40. The van der Waals surface area contributed by atoms with Crippen LogP contribution >= 0.6 is 0 Å². The van der Waals surface area contributed by atoms with Gasteiger partial charge in [0.1, 0.15) is 0 Å². The minimum atomic E-state index is 0.637. The lowest BCUT2D eigenvalue weighted by atomic mass is 9.70. The van der Waals surface area contributed by atoms with E-state index in [-0.39, 0.29) is 0 Å². The molecule has 0 radical (unpaired) electrons. The Bertz CT molecular complexity index is 92.2. The molecule has 1 atom stereocenters. The monoisotopic (exact) mass is 126 g/mol. The third-order valence-corrected chi connectivity index (χ3v) is 3.04. The van der Waals surface area contributed by atoms with Crippen molar-refractivity contribution in [2.45, 2.75) is 46.5 Å². The van der Waals surface area contributed by atoms with Crippen LogP contribution in [-0.4, -0.2) is 0 Å². The van der Waals surface area contributed by atoms with E-state index in [9.17, 15) is 0 Å². The van der Waals surface area contributed by atoms with E-state index < -0.39 is 0 Å². The van der Waals surface area contributed by atoms with Crippen molar-refractivity contribution >= 4 is 0 Å². The molecule has 0 aromatic carbocycles. The molecule has 0 N–H and O–H groups in total. The Labute approximate surface area is 58.7 Å². The van der Waals surface area contributed by atoms with Crippen molar-refractivity contribution in [1.82, 2.24) is 0 Å². The molecule has 0 aromatic heterocycles. The molecule has 0 aromatic rings. The van der Waals surface area contributed by atoms with Gasteiger partial charge < -0.3 is 0 Å². The summed E-state index contributed by atoms with van der Waals surface area (Å²) < 4.78 is 0. The first kappa shape index (κ1) is 7.11. The fraction of sp³-hybridized carbons (Fsp3) is 1.00. The minimum Gasteiger partial charge on any atom is -0.0620 e. The molecule has 9 heavy (non-hydrogen) atoms. The van der Waals surface area contributed by atoms with Crippen molar-refractivity contribution < 1.29 is 0 Å². The summed E-state index contributed by atoms with van der Waals surface area (Å²) in [5.41, 5.74) is 0.637. The Morgan fingerprint density at radius 3 is 2.22 bits per heavy atom. The van der Waals surface area contributed by atoms with Crippen molar-refractivity contribution in [2.24, 2.45) is 11.3 Å². The summed E-state index contributed by atoms with van der Waals surface area (Å²) in [5.74, 6) is 0.950. The summed E-state index contributed by atoms with van der Waals surface area (Å²) in [6.45, 7) is 7.19. The lowest BCUT2D eigenvalue weighted by Gasteiger charge is -2.36. The van der Waals surface area contributed by atoms with Crippen molar-refractivity contribution in [1.29, 1.82) is 0 Å². The van der Waals surface area contributed by atoms with Crippen LogP contribution in [0.5, 0.6) is 0 Å². The zero-order chi connectivity index (χ0) is 6.91. The van der Waals surface area contributed by atoms with Crippen molar-refractivity contribution in [3.05, 3.63) is 0 Å². The molecule has 1 unspecified atom stereocenters. The van der Waals surface area contributed by atoms with Crippen molar-refractivity contribution in [3.63, 3.8) is 0 Å². The molecule has 1 rings (SSSR count). The quantitative estimate of drug-likeness (QED) is 0.467. The van der Waals surface area contributed by atoms with Gasteiger partial charge in [-0.05, 0) is 17.8 Å². The summed E-state index contributed by atoms with van der Waals surface area (Å²) in [4.78, 5) is 0. The highest BCUT2D eigenvalue weighted by molar-refractivity contribution is 4.79. The lowest BCUT2D eigenvalue weighted by molar-refractivity contribution is 0.154. The van der Waals surface area contributed by atoms with E-state index in [4.69, 9.17) is 0 Å². The van der Waals surface area contributed by atoms with E-state index in [1.165, 1.54) is 25.7 Å². The fourth-order valence-electron chi connectivity index (χ4n) is 1.67. The van der Waals surface area contributed by atoms with Crippen LogP contribution < -0.4 is 0 Å². The molecule has 0 amide bonds. The first-order valence-corrected chi connectivity index (χ1v) is 4.13. The average molecular weight is 126 g/mol. The Kier molecular flexibility index (Phi) is 1.83. The normalized spacial score (nSPS) is 34.3. The van der Waals surface area contributed by atoms with Gasteiger partial charge in [0.05, 0.1) is 0 Å². The van der Waals surface area contributed by atoms with Crippen LogP contribution in [0.4, 0.5) is 0 Å². The molecule has 0 saturated heterocycles. The second kappa shape index (κ2) is 2.32. The van der Waals surface area contributed by atoms with Gasteiger partial charge in [-0.1, -0.05) is 40.0 Å². The molecule has 0 nitrogen and oxygen atoms in total. The number of rotatable bonds is 0. The van der Waals surface area contributed by atoms with E-state index in [0.29, 0.717) is 5.41 Å². The third-order valence-electron chi connectivity index (χ3n) is 3.04. The lowest BCUT2D eigenvalue weighted by Crippen LogP contribution is -2.24. The molecule has 1 aliphatic carbocycles. The van der Waals surface area contributed by atoms with Gasteiger partial charge >= 0.3 is 0 Å². The standard InChI is InChI=1S/C9H18/c1-8-6-4-5-7-9(8,2)3/h8H,4-7H2,1-3H3/i9+0. The number of hydrogen-bond donors (Lipinski definition) is 0. The van der Waals surface area contributed by atoms with E-state index >= 15 is 0 Å². The van der Waals surface area contributed by atoms with E-state index in [1.54, 1.807) is 0 Å². The van der Waals surface area contributed by atoms with Gasteiger partial charge in [0.2, 0.25) is 0 Å². The summed E-state index contributed by atoms with van der Waals surface area (Å²) in [7, 11) is 0. The summed E-state index contributed by atoms with van der Waals surface area (Å²) >= 11 is 0. The van der Waals surface area contributed by atoms with Crippen LogP contribution in [0.25, 0.3) is 0 Å². The highest BCUT2D eigenvalue weighted by Crippen LogP contribution is 2.39. The number of hydrogen-bond acceptors (Lipinski definition) is 0. The molecule has 1 saturated carbocycles. The van der Waals surface area contributed by atoms with Crippen molar-refractivity contribution in [3.8, 4) is 0 Å². The van der Waals surface area contributed by atoms with Gasteiger partial charge in [-0.15, -0.1) is 0 Å². The molecule has 0 bridgehead atoms. The second-order valence-corrected chi connectivity index (χ2v) is 4.14. The minimum absolute atomic E-state index is 0.637. The molecule has 0 spiro atoms. The highest BCUT2D eigenvalue weighted by Gasteiger charge is 2.27. The van der Waals surface area contributed by atoms with Crippen LogP contribution in [0, 0.1) is 11.3 Å². The largest absolute Gasteiger partial charge is 0.0620 e. The van der Waals surface area contributed by atoms with Crippen LogP contribution in [0.2, 0.25) is 0 Å². The zero-order valence-corrected chi connectivity index (χ0v) is 6.91. The Balaban J connectivity index is 2.49. The Hall–Kier alpha value is 0. The van der Waals surface area contributed by atoms with E-state index in [0.717, 1.165) is 5.92 Å². The highest BCUT2D eigenvalue weighted by atomic mass is 14.3. The van der Waals surface area contributed by atoms with Gasteiger partial charge in [0, 0.05) is 0 Å². The van der Waals surface area contributed by atoms with Crippen molar-refractivity contribution in [2.75, 3.05) is 0 Å². The van der Waals surface area contributed by atoms with Crippen LogP contribution in [0.1, 0.15) is 46.5 Å². The summed E-state index contributed by atoms with van der Waals surface area (Å²) in [6, 6.07) is 0. The van der Waals surface area contributed by atoms with Gasteiger partial charge in [-0.3, -0.25) is 0 Å². The zero-order valence-electron chi connectivity index (χ0n) is 6.91. The first-order valence-electron chi connectivity index (χ1n) is 4.13. The smallest absolute Gasteiger partial charge is 0.0329 e. The molecule has 0 heteroatoms. The molecule has 1 aliphatic rings. The predicted octanol–water partition coefficient (Wildman–Crippen LogP) is 3.22. The molecule has 0 aliphatic heterocycles. The molecule has 54 valence electrons. The molecular weight excluding hydrogens is 108 g/mol. The van der Waals surface area contributed by atoms with E-state index in [2.05, 4.69) is 20.8 Å². The maximum Gasteiger partial charge on any atom is -0.0329 e. The average Bonchev–Trinajstić information content (AvgIpc) is 1.77. The van der Waals surface area contributed by atoms with E-state index in [1.807, 2.05) is 0 Å². The molecule has 1 fully saturated rings. The van der Waals surface area contributed by atoms with Crippen LogP contribution in [-0.2, 0) is 0 Å². The summed E-state index contributed by atoms with van der Waals surface area (Å²) in [6.07, 6.45) is 5.81. The Morgan fingerprint density at radius 2 is 1.89 bits per heavy atom. The predicted molar refractivity (Wildman–Crippen MR) is 41.4 cm³/mol. The van der Waals surface area contributed by atoms with Crippen LogP contribution in [0.3, 0.4) is 0 Å². The molecule has 0 heterocycles. The maximum absolute atomic E-state index is 2.40. The topological polar surface area (TPSA) is 0 Å². The SMILES string of the molecule is CC1CCCC[12C]1(C)C.